The van der Waals surface area contributed by atoms with Crippen LogP contribution in [0.5, 0.6) is 0 Å². The van der Waals surface area contributed by atoms with E-state index in [-0.39, 0.29) is 0 Å². The van der Waals surface area contributed by atoms with Crippen molar-refractivity contribution in [2.24, 2.45) is 0 Å². The molecule has 202 valence electrons. The number of benzene rings is 4. The van der Waals surface area contributed by atoms with Gasteiger partial charge in [-0.25, -0.2) is 0 Å². The minimum absolute atomic E-state index is 1.08. The van der Waals surface area contributed by atoms with Gasteiger partial charge in [0.05, 0.1) is 6.16 Å². The number of rotatable bonds is 9. The second kappa shape index (κ2) is 11.8. The Kier molecular flexibility index (Phi) is 9.23. The summed E-state index contributed by atoms with van der Waals surface area (Å²) in [6.45, 7) is 0. The van der Waals surface area contributed by atoms with Gasteiger partial charge in [-0.1, -0.05) is 97.1 Å². The van der Waals surface area contributed by atoms with Crippen molar-refractivity contribution in [3.63, 3.8) is 0 Å². The Hall–Kier alpha value is -2.94. The quantitative estimate of drug-likeness (QED) is 0.107. The molecule has 0 nitrogen and oxygen atoms in total. The molecule has 4 rings (SSSR count). The van der Waals surface area contributed by atoms with E-state index < -0.39 is 15.1 Å². The fourth-order valence-electron chi connectivity index (χ4n) is 4.28. The summed E-state index contributed by atoms with van der Waals surface area (Å²) in [6, 6.07) is 44.2. The molecule has 0 heterocycles. The fourth-order valence-corrected chi connectivity index (χ4v) is 8.53. The zero-order valence-electron chi connectivity index (χ0n) is 20.7. The molecule has 0 aliphatic carbocycles. The Labute approximate surface area is 220 Å². The number of aryl methyl sites for hydroxylation is 1. The van der Waals surface area contributed by atoms with E-state index >= 15 is 0 Å². The Bertz CT molecular complexity index is 1170. The van der Waals surface area contributed by atoms with Gasteiger partial charge < -0.3 is 0 Å². The maximum absolute atomic E-state index is 10.7. The monoisotopic (exact) mass is 566 g/mol. The van der Waals surface area contributed by atoms with Crippen molar-refractivity contribution < 1.29 is 25.2 Å². The molecule has 4 aromatic carbocycles. The van der Waals surface area contributed by atoms with Crippen LogP contribution in [0.15, 0.2) is 133 Å². The predicted octanol–water partition coefficient (Wildman–Crippen LogP) is 9.94. The third-order valence-electron chi connectivity index (χ3n) is 5.83. The van der Waals surface area contributed by atoms with Crippen LogP contribution in [0.4, 0.5) is 25.2 Å². The Morgan fingerprint density at radius 1 is 0.474 bits per heavy atom. The van der Waals surface area contributed by atoms with Crippen molar-refractivity contribution in [1.29, 1.82) is 0 Å². The predicted molar refractivity (Wildman–Crippen MR) is 152 cm³/mol. The molecule has 0 amide bonds. The molecule has 0 radical (unpaired) electrons. The molecule has 0 saturated carbocycles. The maximum atomic E-state index is 9.87. The molecule has 4 aromatic rings. The van der Waals surface area contributed by atoms with Crippen LogP contribution in [0.3, 0.4) is 0 Å². The van der Waals surface area contributed by atoms with E-state index in [1.165, 1.54) is 21.5 Å². The summed E-state index contributed by atoms with van der Waals surface area (Å²) in [4.78, 5) is 0. The van der Waals surface area contributed by atoms with E-state index in [4.69, 9.17) is 0 Å². The molecule has 38 heavy (non-hydrogen) atoms. The summed E-state index contributed by atoms with van der Waals surface area (Å²) in [5.41, 5.74) is 1.41. The average molecular weight is 567 g/mol. The van der Waals surface area contributed by atoms with Crippen LogP contribution >= 0.6 is 15.1 Å². The van der Waals surface area contributed by atoms with Crippen LogP contribution in [0.25, 0.3) is 0 Å². The van der Waals surface area contributed by atoms with Crippen LogP contribution in [-0.4, -0.2) is 6.16 Å². The van der Waals surface area contributed by atoms with Crippen LogP contribution in [0.2, 0.25) is 0 Å². The fraction of sp³-hybridized carbons (Fsp3) is 0.133. The van der Waals surface area contributed by atoms with Crippen LogP contribution in [0, 0.1) is 0 Å². The minimum atomic E-state index is -10.7. The third-order valence-corrected chi connectivity index (χ3v) is 10.3. The zero-order valence-corrected chi connectivity index (χ0v) is 22.5. The van der Waals surface area contributed by atoms with Gasteiger partial charge in [0.1, 0.15) is 23.2 Å². The number of hydrogen-bond acceptors (Lipinski definition) is 0. The van der Waals surface area contributed by atoms with Crippen LogP contribution < -0.4 is 15.9 Å². The molecule has 0 fully saturated rings. The van der Waals surface area contributed by atoms with Gasteiger partial charge in [-0.05, 0) is 54.8 Å². The third kappa shape index (κ3) is 10.4. The first-order valence-corrected chi connectivity index (χ1v) is 16.1. The molecule has 0 N–H and O–H groups in total. The molecule has 0 spiro atoms. The van der Waals surface area contributed by atoms with E-state index in [1.54, 1.807) is 0 Å². The molecule has 8 heteroatoms. The first-order valence-electron chi connectivity index (χ1n) is 12.1. The van der Waals surface area contributed by atoms with Gasteiger partial charge in [0, 0.05) is 6.42 Å². The first-order chi connectivity index (χ1) is 17.8. The summed E-state index contributed by atoms with van der Waals surface area (Å²) in [7, 11) is -12.4. The molecule has 0 aliphatic heterocycles. The number of halogens is 6. The second-order valence-electron chi connectivity index (χ2n) is 8.78. The van der Waals surface area contributed by atoms with Crippen LogP contribution in [0.1, 0.15) is 18.4 Å². The normalized spacial score (nSPS) is 13.7. The topological polar surface area (TPSA) is 0 Å². The van der Waals surface area contributed by atoms with Crippen molar-refractivity contribution in [1.82, 2.24) is 0 Å². The average Bonchev–Trinajstić information content (AvgIpc) is 2.89. The molecule has 0 unspecified atom stereocenters. The first kappa shape index (κ1) is 29.6. The van der Waals surface area contributed by atoms with Crippen molar-refractivity contribution in [3.8, 4) is 0 Å². The number of hydrogen-bond donors (Lipinski definition) is 0. The van der Waals surface area contributed by atoms with Gasteiger partial charge in [-0.2, -0.15) is 0 Å². The Morgan fingerprint density at radius 2 is 0.789 bits per heavy atom. The number of allylic oxidation sites excluding steroid dienone is 2. The zero-order chi connectivity index (χ0) is 27.6. The van der Waals surface area contributed by atoms with E-state index in [0.717, 1.165) is 25.4 Å². The SMILES string of the molecule is C(=C\CC[P+](c1ccccc1)(c1ccccc1)c1ccccc1)/CCc1ccccc1.F[P-](F)(F)(F)(F)F. The van der Waals surface area contributed by atoms with Crippen molar-refractivity contribution in [3.05, 3.63) is 139 Å². The van der Waals surface area contributed by atoms with Crippen molar-refractivity contribution >= 4 is 31.0 Å². The summed E-state index contributed by atoms with van der Waals surface area (Å²) in [5, 5.41) is 4.39. The molecule has 0 atom stereocenters. The summed E-state index contributed by atoms with van der Waals surface area (Å²) in [5.74, 6) is 0. The molecule has 0 aromatic heterocycles. The summed E-state index contributed by atoms with van der Waals surface area (Å²) >= 11 is 0. The van der Waals surface area contributed by atoms with Gasteiger partial charge in [0.2, 0.25) is 0 Å². The van der Waals surface area contributed by atoms with Gasteiger partial charge in [-0.3, -0.25) is 0 Å². The van der Waals surface area contributed by atoms with Gasteiger partial charge in [0.15, 0.2) is 0 Å². The van der Waals surface area contributed by atoms with Gasteiger partial charge in [0.25, 0.3) is 0 Å². The molecular formula is C30H30F6P2. The summed E-state index contributed by atoms with van der Waals surface area (Å²) in [6.07, 6.45) is 9.19. The van der Waals surface area contributed by atoms with E-state index in [0.29, 0.717) is 0 Å². The Morgan fingerprint density at radius 3 is 1.16 bits per heavy atom. The summed E-state index contributed by atoms with van der Waals surface area (Å²) < 4.78 is 59.2. The molecular weight excluding hydrogens is 536 g/mol. The molecule has 0 bridgehead atoms. The second-order valence-corrected chi connectivity index (χ2v) is 14.3. The van der Waals surface area contributed by atoms with Gasteiger partial charge >= 0.3 is 33.0 Å². The van der Waals surface area contributed by atoms with E-state index in [2.05, 4.69) is 133 Å². The molecule has 0 aliphatic rings. The van der Waals surface area contributed by atoms with Crippen molar-refractivity contribution in [2.45, 2.75) is 19.3 Å². The van der Waals surface area contributed by atoms with E-state index in [1.807, 2.05) is 0 Å². The molecule has 0 saturated heterocycles. The van der Waals surface area contributed by atoms with E-state index in [9.17, 15) is 25.2 Å². The Balaban J connectivity index is 0.000000505. The van der Waals surface area contributed by atoms with Gasteiger partial charge in [-0.15, -0.1) is 0 Å². The van der Waals surface area contributed by atoms with Crippen molar-refractivity contribution in [2.75, 3.05) is 6.16 Å². The standard InChI is InChI=1S/C30H30P.F6P/c1(7-17-27-18-8-3-9-19-27)2-16-26-31(28-20-10-4-11-21-28,29-22-12-5-13-23-29)30-24-14-6-15-25-30;1-7(2,3,4,5)6/h1-6,8-15,18-25H,7,16-17,26H2;/q+1;-1/b2-1+;. The van der Waals surface area contributed by atoms with Crippen LogP contribution in [-0.2, 0) is 6.42 Å².